The number of aromatic nitrogens is 2. The summed E-state index contributed by atoms with van der Waals surface area (Å²) in [5, 5.41) is 14.5. The van der Waals surface area contributed by atoms with Gasteiger partial charge in [0.25, 0.3) is 5.91 Å². The Morgan fingerprint density at radius 3 is 2.70 bits per heavy atom. The van der Waals surface area contributed by atoms with E-state index in [0.29, 0.717) is 23.5 Å². The number of para-hydroxylation sites is 1. The zero-order chi connectivity index (χ0) is 19.1. The average Bonchev–Trinajstić information content (AvgIpc) is 3.32. The lowest BCUT2D eigenvalue weighted by atomic mass is 10.2. The van der Waals surface area contributed by atoms with Crippen LogP contribution in [0.15, 0.2) is 53.1 Å². The summed E-state index contributed by atoms with van der Waals surface area (Å²) in [5.41, 5.74) is 0.698. The number of nitrogens with zero attached hydrogens (tertiary/aromatic N) is 2. The van der Waals surface area contributed by atoms with Crippen molar-refractivity contribution in [3.8, 4) is 0 Å². The summed E-state index contributed by atoms with van der Waals surface area (Å²) in [6, 6.07) is 12.8. The first-order valence-electron chi connectivity index (χ1n) is 8.60. The molecule has 0 bridgehead atoms. The molecule has 0 saturated carbocycles. The summed E-state index contributed by atoms with van der Waals surface area (Å²) in [6.07, 6.45) is 2.99. The first-order valence-corrected chi connectivity index (χ1v) is 9.42. The summed E-state index contributed by atoms with van der Waals surface area (Å²) in [5.74, 6) is 0.460. The molecule has 0 spiro atoms. The van der Waals surface area contributed by atoms with Gasteiger partial charge in [-0.05, 0) is 31.2 Å². The normalized spacial score (nSPS) is 11.7. The van der Waals surface area contributed by atoms with Crippen LogP contribution in [0.4, 0.5) is 5.69 Å². The topological polar surface area (TPSA) is 97.1 Å². The monoisotopic (exact) mass is 384 g/mol. The molecule has 27 heavy (non-hydrogen) atoms. The Kier molecular flexibility index (Phi) is 6.32. The zero-order valence-corrected chi connectivity index (χ0v) is 15.7. The van der Waals surface area contributed by atoms with Crippen molar-refractivity contribution >= 4 is 28.8 Å². The van der Waals surface area contributed by atoms with Gasteiger partial charge in [-0.15, -0.1) is 10.2 Å². The van der Waals surface area contributed by atoms with E-state index in [1.54, 1.807) is 18.4 Å². The van der Waals surface area contributed by atoms with Crippen molar-refractivity contribution in [2.75, 3.05) is 5.32 Å². The molecule has 0 unspecified atom stereocenters. The molecule has 0 fully saturated rings. The quantitative estimate of drug-likeness (QED) is 0.622. The maximum absolute atomic E-state index is 12.2. The number of anilines is 1. The van der Waals surface area contributed by atoms with Crippen LogP contribution in [0.2, 0.25) is 0 Å². The molecule has 0 aliphatic rings. The molecule has 3 aromatic rings. The van der Waals surface area contributed by atoms with E-state index in [1.807, 2.05) is 37.3 Å². The molecule has 1 aromatic carbocycles. The molecule has 0 saturated heterocycles. The van der Waals surface area contributed by atoms with Crippen molar-refractivity contribution in [3.63, 3.8) is 0 Å². The maximum Gasteiger partial charge on any atom is 0.286 e. The highest BCUT2D eigenvalue weighted by atomic mass is 32.1. The van der Waals surface area contributed by atoms with Crippen molar-refractivity contribution in [2.24, 2.45) is 0 Å². The molecule has 2 N–H and O–H groups in total. The van der Waals surface area contributed by atoms with Gasteiger partial charge >= 0.3 is 0 Å². The van der Waals surface area contributed by atoms with E-state index >= 15 is 0 Å². The van der Waals surface area contributed by atoms with E-state index in [4.69, 9.17) is 4.42 Å². The highest BCUT2D eigenvalue weighted by Crippen LogP contribution is 2.14. The van der Waals surface area contributed by atoms with E-state index in [9.17, 15) is 9.59 Å². The van der Waals surface area contributed by atoms with Gasteiger partial charge in [-0.2, -0.15) is 0 Å². The number of carbonyl (C=O) groups is 2. The lowest BCUT2D eigenvalue weighted by Gasteiger charge is -2.11. The Bertz CT molecular complexity index is 878. The number of amides is 2. The number of nitrogens with one attached hydrogen (secondary N) is 2. The van der Waals surface area contributed by atoms with Crippen LogP contribution in [0, 0.1) is 0 Å². The Morgan fingerprint density at radius 2 is 1.96 bits per heavy atom. The van der Waals surface area contributed by atoms with Crippen LogP contribution in [-0.2, 0) is 17.6 Å². The van der Waals surface area contributed by atoms with Gasteiger partial charge in [-0.25, -0.2) is 0 Å². The molecule has 2 aromatic heterocycles. The van der Waals surface area contributed by atoms with Gasteiger partial charge in [0, 0.05) is 31.0 Å². The predicted molar refractivity (Wildman–Crippen MR) is 103 cm³/mol. The van der Waals surface area contributed by atoms with Crippen molar-refractivity contribution in [2.45, 2.75) is 32.2 Å². The van der Waals surface area contributed by atoms with Gasteiger partial charge in [0.05, 0.1) is 6.26 Å². The maximum atomic E-state index is 12.2. The van der Waals surface area contributed by atoms with Gasteiger partial charge in [0.2, 0.25) is 10.9 Å². The highest BCUT2D eigenvalue weighted by molar-refractivity contribution is 7.13. The van der Waals surface area contributed by atoms with Gasteiger partial charge in [0.15, 0.2) is 0 Å². The van der Waals surface area contributed by atoms with Gasteiger partial charge in [-0.1, -0.05) is 29.5 Å². The van der Waals surface area contributed by atoms with Crippen LogP contribution in [0.25, 0.3) is 0 Å². The SMILES string of the molecule is C[C@@H](Cc1ccco1)NC(=O)CCc1nnc(C(=O)Nc2ccccc2)s1. The van der Waals surface area contributed by atoms with Crippen LogP contribution in [0.1, 0.15) is 33.9 Å². The number of hydrogen-bond acceptors (Lipinski definition) is 6. The number of benzene rings is 1. The van der Waals surface area contributed by atoms with E-state index in [-0.39, 0.29) is 29.3 Å². The Hall–Kier alpha value is -3.00. The lowest BCUT2D eigenvalue weighted by Crippen LogP contribution is -2.34. The first-order chi connectivity index (χ1) is 13.1. The second-order valence-corrected chi connectivity index (χ2v) is 7.14. The third kappa shape index (κ3) is 5.75. The molecular weight excluding hydrogens is 364 g/mol. The molecule has 0 radical (unpaired) electrons. The molecule has 140 valence electrons. The van der Waals surface area contributed by atoms with E-state index in [1.165, 1.54) is 11.3 Å². The van der Waals surface area contributed by atoms with E-state index < -0.39 is 0 Å². The largest absolute Gasteiger partial charge is 0.469 e. The number of carbonyl (C=O) groups excluding carboxylic acids is 2. The summed E-state index contributed by atoms with van der Waals surface area (Å²) in [7, 11) is 0. The minimum Gasteiger partial charge on any atom is -0.469 e. The van der Waals surface area contributed by atoms with Gasteiger partial charge in [-0.3, -0.25) is 9.59 Å². The highest BCUT2D eigenvalue weighted by Gasteiger charge is 2.15. The third-order valence-electron chi connectivity index (χ3n) is 3.75. The van der Waals surface area contributed by atoms with Crippen LogP contribution in [0.5, 0.6) is 0 Å². The molecule has 7 nitrogen and oxygen atoms in total. The number of furan rings is 1. The van der Waals surface area contributed by atoms with Crippen molar-refractivity contribution in [1.82, 2.24) is 15.5 Å². The lowest BCUT2D eigenvalue weighted by molar-refractivity contribution is -0.121. The number of aryl methyl sites for hydroxylation is 1. The minimum absolute atomic E-state index is 0.0229. The molecule has 0 aliphatic heterocycles. The predicted octanol–water partition coefficient (Wildman–Crippen LogP) is 3.06. The van der Waals surface area contributed by atoms with Crippen molar-refractivity contribution in [3.05, 3.63) is 64.5 Å². The standard InChI is InChI=1S/C19H20N4O3S/c1-13(12-15-8-5-11-26-15)20-16(24)9-10-17-22-23-19(27-17)18(25)21-14-6-3-2-4-7-14/h2-8,11,13H,9-10,12H2,1H3,(H,20,24)(H,21,25)/t13-/m0/s1. The molecule has 0 aliphatic carbocycles. The van der Waals surface area contributed by atoms with Crippen LogP contribution >= 0.6 is 11.3 Å². The molecule has 3 rings (SSSR count). The third-order valence-corrected chi connectivity index (χ3v) is 4.74. The molecular formula is C19H20N4O3S. The van der Waals surface area contributed by atoms with Crippen molar-refractivity contribution < 1.29 is 14.0 Å². The fourth-order valence-corrected chi connectivity index (χ4v) is 3.24. The molecule has 1 atom stereocenters. The summed E-state index contributed by atoms with van der Waals surface area (Å²) < 4.78 is 5.28. The second-order valence-electron chi connectivity index (χ2n) is 6.07. The van der Waals surface area contributed by atoms with Crippen LogP contribution in [-0.4, -0.2) is 28.1 Å². The summed E-state index contributed by atoms with van der Waals surface area (Å²) in [4.78, 5) is 24.2. The summed E-state index contributed by atoms with van der Waals surface area (Å²) >= 11 is 1.20. The Balaban J connectivity index is 1.44. The molecule has 2 heterocycles. The first kappa shape index (κ1) is 18.8. The fraction of sp³-hybridized carbons (Fsp3) is 0.263. The van der Waals surface area contributed by atoms with Gasteiger partial charge < -0.3 is 15.1 Å². The summed E-state index contributed by atoms with van der Waals surface area (Å²) in [6.45, 7) is 1.93. The average molecular weight is 384 g/mol. The van der Waals surface area contributed by atoms with Crippen LogP contribution in [0.3, 0.4) is 0 Å². The molecule has 8 heteroatoms. The second kappa shape index (κ2) is 9.09. The van der Waals surface area contributed by atoms with Crippen molar-refractivity contribution in [1.29, 1.82) is 0 Å². The van der Waals surface area contributed by atoms with E-state index in [2.05, 4.69) is 20.8 Å². The van der Waals surface area contributed by atoms with E-state index in [0.717, 1.165) is 5.76 Å². The zero-order valence-electron chi connectivity index (χ0n) is 14.8. The van der Waals surface area contributed by atoms with Crippen LogP contribution < -0.4 is 10.6 Å². The Morgan fingerprint density at radius 1 is 1.15 bits per heavy atom. The number of rotatable bonds is 8. The smallest absolute Gasteiger partial charge is 0.286 e. The minimum atomic E-state index is -0.304. The molecule has 2 amide bonds. The fourth-order valence-electron chi connectivity index (χ4n) is 2.50. The van der Waals surface area contributed by atoms with Gasteiger partial charge in [0.1, 0.15) is 10.8 Å². The number of hydrogen-bond donors (Lipinski definition) is 2. The Labute approximate surface area is 160 Å².